The summed E-state index contributed by atoms with van der Waals surface area (Å²) < 4.78 is 0. The van der Waals surface area contributed by atoms with Gasteiger partial charge in [0, 0.05) is 44.4 Å². The second kappa shape index (κ2) is 17.4. The van der Waals surface area contributed by atoms with Crippen molar-refractivity contribution in [2.24, 2.45) is 0 Å². The maximum absolute atomic E-state index is 10.00. The van der Waals surface area contributed by atoms with Crippen molar-refractivity contribution in [1.82, 2.24) is 0 Å². The van der Waals surface area contributed by atoms with Gasteiger partial charge in [0.15, 0.2) is 11.4 Å². The fraction of sp³-hybridized carbons (Fsp3) is 0.0556. The molecule has 6 nitrogen and oxygen atoms in total. The van der Waals surface area contributed by atoms with Crippen molar-refractivity contribution in [3.63, 3.8) is 0 Å². The van der Waals surface area contributed by atoms with Crippen LogP contribution in [0.25, 0.3) is 75.0 Å². The number of hydrogen-bond donors (Lipinski definition) is 0. The fourth-order valence-electron chi connectivity index (χ4n) is 13.3. The van der Waals surface area contributed by atoms with E-state index in [4.69, 9.17) is 13.1 Å². The molecule has 0 aromatic heterocycles. The van der Waals surface area contributed by atoms with Crippen molar-refractivity contribution in [3.8, 4) is 34.4 Å². The number of benzene rings is 12. The van der Waals surface area contributed by atoms with Crippen LogP contribution in [0.5, 0.6) is 0 Å². The van der Waals surface area contributed by atoms with Crippen molar-refractivity contribution in [3.05, 3.63) is 287 Å². The molecule has 0 amide bonds. The van der Waals surface area contributed by atoms with Crippen LogP contribution in [0.4, 0.5) is 45.5 Å². The fourth-order valence-corrected chi connectivity index (χ4v) is 13.3. The summed E-state index contributed by atoms with van der Waals surface area (Å²) in [6.07, 6.45) is 0. The Bertz CT molecular complexity index is 4270. The second-order valence-electron chi connectivity index (χ2n) is 20.6. The minimum absolute atomic E-state index is 0.552. The van der Waals surface area contributed by atoms with E-state index >= 15 is 0 Å². The maximum atomic E-state index is 10.00. The third kappa shape index (κ3) is 6.45. The molecule has 6 heteroatoms. The molecule has 0 N–H and O–H groups in total. The van der Waals surface area contributed by atoms with Crippen molar-refractivity contribution in [2.75, 3.05) is 9.80 Å². The Morgan fingerprint density at radius 1 is 0.346 bits per heavy atom. The molecule has 0 fully saturated rings. The molecule has 362 valence electrons. The molecule has 0 bridgehead atoms. The van der Waals surface area contributed by atoms with Crippen LogP contribution in [0, 0.1) is 35.8 Å². The summed E-state index contributed by atoms with van der Waals surface area (Å²) in [5.41, 5.74) is 15.8. The molecule has 0 saturated heterocycles. The first kappa shape index (κ1) is 45.8. The smallest absolute Gasteiger partial charge is 0.187 e. The number of hydrogen-bond acceptors (Lipinski definition) is 4. The zero-order valence-electron chi connectivity index (χ0n) is 42.6. The van der Waals surface area contributed by atoms with E-state index in [1.54, 1.807) is 0 Å². The summed E-state index contributed by atoms with van der Waals surface area (Å²) in [7, 11) is 0. The second-order valence-corrected chi connectivity index (χ2v) is 20.6. The highest BCUT2D eigenvalue weighted by Crippen LogP contribution is 2.69. The van der Waals surface area contributed by atoms with Crippen LogP contribution in [0.2, 0.25) is 0 Å². The van der Waals surface area contributed by atoms with E-state index in [-0.39, 0.29) is 0 Å². The maximum Gasteiger partial charge on any atom is 0.187 e. The molecule has 78 heavy (non-hydrogen) atoms. The molecule has 2 aliphatic carbocycles. The Kier molecular flexibility index (Phi) is 10.2. The van der Waals surface area contributed by atoms with Gasteiger partial charge in [0.25, 0.3) is 0 Å². The number of nitrogens with zero attached hydrogens (tertiary/aromatic N) is 6. The molecule has 14 rings (SSSR count). The zero-order valence-corrected chi connectivity index (χ0v) is 42.6. The Labute approximate surface area is 452 Å². The molecular formula is C72H44N6. The van der Waals surface area contributed by atoms with E-state index < -0.39 is 10.8 Å². The van der Waals surface area contributed by atoms with Crippen molar-refractivity contribution < 1.29 is 0 Å². The Hall–Kier alpha value is -10.8. The molecular weight excluding hydrogens is 949 g/mol. The minimum Gasteiger partial charge on any atom is -0.310 e. The third-order valence-electron chi connectivity index (χ3n) is 17.0. The molecule has 2 unspecified atom stereocenters. The van der Waals surface area contributed by atoms with Gasteiger partial charge in [-0.2, -0.15) is 10.5 Å². The molecule has 0 saturated carbocycles. The highest BCUT2D eigenvalue weighted by molar-refractivity contribution is 6.18. The highest BCUT2D eigenvalue weighted by atomic mass is 15.2. The summed E-state index contributed by atoms with van der Waals surface area (Å²) in [6.45, 7) is 20.7. The van der Waals surface area contributed by atoms with Gasteiger partial charge in [-0.25, -0.2) is 9.69 Å². The predicted molar refractivity (Wildman–Crippen MR) is 318 cm³/mol. The number of fused-ring (bicyclic) bond motifs is 14. The van der Waals surface area contributed by atoms with E-state index in [2.05, 4.69) is 179 Å². The number of rotatable bonds is 7. The van der Waals surface area contributed by atoms with Gasteiger partial charge >= 0.3 is 0 Å². The van der Waals surface area contributed by atoms with Gasteiger partial charge in [-0.1, -0.05) is 159 Å². The average Bonchev–Trinajstić information content (AvgIpc) is 3.46. The van der Waals surface area contributed by atoms with E-state index in [1.165, 1.54) is 55.3 Å². The first-order chi connectivity index (χ1) is 38.3. The van der Waals surface area contributed by atoms with Crippen LogP contribution >= 0.6 is 0 Å². The lowest BCUT2D eigenvalue weighted by atomic mass is 9.56. The van der Waals surface area contributed by atoms with Crippen molar-refractivity contribution >= 4 is 88.6 Å². The monoisotopic (exact) mass is 992 g/mol. The Morgan fingerprint density at radius 2 is 0.654 bits per heavy atom. The average molecular weight is 993 g/mol. The van der Waals surface area contributed by atoms with Crippen LogP contribution in [0.1, 0.15) is 47.2 Å². The molecule has 12 aromatic rings. The van der Waals surface area contributed by atoms with Crippen molar-refractivity contribution in [2.45, 2.75) is 24.7 Å². The van der Waals surface area contributed by atoms with Gasteiger partial charge in [0.2, 0.25) is 0 Å². The summed E-state index contributed by atoms with van der Waals surface area (Å²) in [4.78, 5) is 12.1. The van der Waals surface area contributed by atoms with Gasteiger partial charge in [-0.05, 0) is 162 Å². The summed E-state index contributed by atoms with van der Waals surface area (Å²) in [5.74, 6) is 0. The first-order valence-electron chi connectivity index (χ1n) is 26.0. The van der Waals surface area contributed by atoms with Crippen LogP contribution in [-0.4, -0.2) is 0 Å². The molecule has 0 radical (unpaired) electrons. The van der Waals surface area contributed by atoms with E-state index in [0.717, 1.165) is 66.4 Å². The van der Waals surface area contributed by atoms with Crippen molar-refractivity contribution in [1.29, 1.82) is 10.5 Å². The standard InChI is InChI=1S/C72H44N6/c1-71(61-39-25-47-13-5-7-15-55(47)67(61)69-59-19-11-9-17-57(59)65(41-63(69)71)77(51-31-21-45(43-73)22-32-51)53-35-27-49(75-3)28-36-53)72(2)62-40-26-48-14-6-8-16-56(48)68(62)70-60-20-12-10-18-58(60)66(42-64(70)72)78(52-33-23-46(44-74)24-34-52)54-37-29-50(76-4)30-38-54/h5-42H,1-2H3. The lowest BCUT2D eigenvalue weighted by Gasteiger charge is -2.46. The largest absolute Gasteiger partial charge is 0.310 e. The molecule has 0 aliphatic heterocycles. The normalized spacial score (nSPS) is 15.6. The summed E-state index contributed by atoms with van der Waals surface area (Å²) in [6, 6.07) is 85.2. The molecule has 0 spiro atoms. The van der Waals surface area contributed by atoms with Gasteiger partial charge in [-0.3, -0.25) is 0 Å². The van der Waals surface area contributed by atoms with Crippen LogP contribution in [0.15, 0.2) is 231 Å². The van der Waals surface area contributed by atoms with Gasteiger partial charge in [0.1, 0.15) is 0 Å². The predicted octanol–water partition coefficient (Wildman–Crippen LogP) is 19.4. The Morgan fingerprint density at radius 3 is 1.00 bits per heavy atom. The molecule has 0 heterocycles. The van der Waals surface area contributed by atoms with Gasteiger partial charge in [0.05, 0.1) is 47.8 Å². The minimum atomic E-state index is -0.774. The lowest BCUT2D eigenvalue weighted by Crippen LogP contribution is -2.44. The number of anilines is 6. The van der Waals surface area contributed by atoms with Crippen LogP contribution < -0.4 is 9.80 Å². The van der Waals surface area contributed by atoms with Gasteiger partial charge < -0.3 is 9.80 Å². The SMILES string of the molecule is [C-]#[N+]c1ccc(N(c2ccc(C#N)cc2)c2cc3c(c4ccccc24)-c2c(ccc4ccccc24)C3(C)C2(C)c3ccc4ccccc4c3-c3c2cc(N(c2ccc(C#N)cc2)c2ccc([N+]#[C-])cc2)c2ccccc32)cc1. The Balaban J connectivity index is 1.14. The quantitative estimate of drug-likeness (QED) is 0.149. The summed E-state index contributed by atoms with van der Waals surface area (Å²) in [5, 5.41) is 29.1. The molecule has 12 aromatic carbocycles. The number of nitriles is 2. The van der Waals surface area contributed by atoms with Gasteiger partial charge in [-0.15, -0.1) is 0 Å². The lowest BCUT2D eigenvalue weighted by molar-refractivity contribution is 0.376. The zero-order chi connectivity index (χ0) is 52.9. The first-order valence-corrected chi connectivity index (χ1v) is 26.0. The van der Waals surface area contributed by atoms with E-state index in [9.17, 15) is 10.5 Å². The topological polar surface area (TPSA) is 62.8 Å². The van der Waals surface area contributed by atoms with Crippen LogP contribution in [-0.2, 0) is 10.8 Å². The molecule has 2 atom stereocenters. The molecule has 2 aliphatic rings. The highest BCUT2D eigenvalue weighted by Gasteiger charge is 2.59. The third-order valence-corrected chi connectivity index (χ3v) is 17.0. The summed E-state index contributed by atoms with van der Waals surface area (Å²) >= 11 is 0. The van der Waals surface area contributed by atoms with E-state index in [0.29, 0.717) is 22.5 Å². The van der Waals surface area contributed by atoms with E-state index in [1.807, 2.05) is 97.1 Å². The van der Waals surface area contributed by atoms with Crippen LogP contribution in [0.3, 0.4) is 0 Å².